The lowest BCUT2D eigenvalue weighted by Crippen LogP contribution is -2.43. The second-order valence-corrected chi connectivity index (χ2v) is 10.2. The normalized spacial score (nSPS) is 19.7. The molecule has 5 rings (SSSR count). The molecule has 0 aromatic carbocycles. The van der Waals surface area contributed by atoms with Crippen LogP contribution in [0.3, 0.4) is 0 Å². The maximum Gasteiger partial charge on any atom is 0.259 e. The molecule has 0 saturated heterocycles. The summed E-state index contributed by atoms with van der Waals surface area (Å²) in [6.07, 6.45) is 12.8. The minimum Gasteiger partial charge on any atom is -0.320 e. The third kappa shape index (κ3) is 4.43. The number of anilines is 1. The molecule has 9 heteroatoms. The van der Waals surface area contributed by atoms with E-state index in [-0.39, 0.29) is 11.3 Å². The monoisotopic (exact) mass is 472 g/mol. The van der Waals surface area contributed by atoms with E-state index in [0.29, 0.717) is 35.3 Å². The molecular weight excluding hydrogens is 440 g/mol. The number of carbonyl (C=O) groups excluding carboxylic acids is 1. The van der Waals surface area contributed by atoms with Crippen LogP contribution in [0.5, 0.6) is 0 Å². The van der Waals surface area contributed by atoms with Crippen molar-refractivity contribution in [3.8, 4) is 0 Å². The van der Waals surface area contributed by atoms with Gasteiger partial charge in [0, 0.05) is 38.4 Å². The van der Waals surface area contributed by atoms with Gasteiger partial charge in [-0.3, -0.25) is 9.78 Å². The van der Waals surface area contributed by atoms with Crippen LogP contribution in [0.25, 0.3) is 5.65 Å². The van der Waals surface area contributed by atoms with Crippen LogP contribution >= 0.6 is 0 Å². The van der Waals surface area contributed by atoms with Gasteiger partial charge in [0.15, 0.2) is 0 Å². The number of nitrogens with one attached hydrogen (secondary N) is 2. The van der Waals surface area contributed by atoms with E-state index in [1.54, 1.807) is 18.7 Å². The molecule has 182 valence electrons. The topological polar surface area (TPSA) is 102 Å². The summed E-state index contributed by atoms with van der Waals surface area (Å²) in [7, 11) is 1.97. The van der Waals surface area contributed by atoms with Crippen molar-refractivity contribution >= 4 is 17.2 Å². The molecule has 1 aliphatic carbocycles. The fraction of sp³-hybridized carbons (Fsp3) is 0.423. The van der Waals surface area contributed by atoms with Crippen molar-refractivity contribution in [3.05, 3.63) is 72.0 Å². The quantitative estimate of drug-likeness (QED) is 0.406. The van der Waals surface area contributed by atoms with E-state index in [9.17, 15) is 4.79 Å². The fourth-order valence-electron chi connectivity index (χ4n) is 5.22. The molecule has 1 aliphatic rings. The molecule has 2 N–H and O–H groups in total. The third-order valence-corrected chi connectivity index (χ3v) is 6.75. The van der Waals surface area contributed by atoms with Crippen molar-refractivity contribution in [2.24, 2.45) is 18.9 Å². The first kappa shape index (κ1) is 23.2. The molecule has 35 heavy (non-hydrogen) atoms. The van der Waals surface area contributed by atoms with Gasteiger partial charge in [-0.15, -0.1) is 10.2 Å². The first-order valence-electron chi connectivity index (χ1n) is 12.1. The number of nitrogens with zero attached hydrogens (tertiary/aromatic N) is 6. The van der Waals surface area contributed by atoms with E-state index >= 15 is 0 Å². The largest absolute Gasteiger partial charge is 0.320 e. The molecule has 1 amide bonds. The van der Waals surface area contributed by atoms with E-state index in [2.05, 4.69) is 51.6 Å². The van der Waals surface area contributed by atoms with Crippen molar-refractivity contribution in [2.75, 3.05) is 11.9 Å². The smallest absolute Gasteiger partial charge is 0.259 e. The average Bonchev–Trinajstić information content (AvgIpc) is 3.45. The number of hydrogen-bond acceptors (Lipinski definition) is 6. The van der Waals surface area contributed by atoms with Crippen LogP contribution in [0.1, 0.15) is 60.9 Å². The highest BCUT2D eigenvalue weighted by Gasteiger charge is 2.48. The van der Waals surface area contributed by atoms with Crippen LogP contribution in [0, 0.1) is 11.8 Å². The van der Waals surface area contributed by atoms with Gasteiger partial charge in [0.2, 0.25) is 0 Å². The van der Waals surface area contributed by atoms with Gasteiger partial charge in [-0.05, 0) is 54.5 Å². The van der Waals surface area contributed by atoms with Crippen molar-refractivity contribution < 1.29 is 4.79 Å². The van der Waals surface area contributed by atoms with Gasteiger partial charge in [0.05, 0.1) is 22.9 Å². The Kier molecular flexibility index (Phi) is 6.10. The molecule has 0 bridgehead atoms. The van der Waals surface area contributed by atoms with Crippen LogP contribution < -0.4 is 10.6 Å². The molecule has 1 fully saturated rings. The Morgan fingerprint density at radius 1 is 1.26 bits per heavy atom. The average molecular weight is 473 g/mol. The van der Waals surface area contributed by atoms with Crippen LogP contribution in [0.15, 0.2) is 49.4 Å². The third-order valence-electron chi connectivity index (χ3n) is 6.75. The Morgan fingerprint density at radius 3 is 2.80 bits per heavy atom. The summed E-state index contributed by atoms with van der Waals surface area (Å²) in [6.45, 7) is 8.18. The predicted octanol–water partition coefficient (Wildman–Crippen LogP) is 3.57. The first-order valence-corrected chi connectivity index (χ1v) is 12.1. The number of hydrogen-bond donors (Lipinski definition) is 2. The molecule has 0 atom stereocenters. The van der Waals surface area contributed by atoms with Crippen LogP contribution in [0.4, 0.5) is 5.69 Å². The summed E-state index contributed by atoms with van der Waals surface area (Å²) in [6, 6.07) is 3.93. The van der Waals surface area contributed by atoms with E-state index in [1.165, 1.54) is 0 Å². The number of aryl methyl sites for hydroxylation is 1. The maximum atomic E-state index is 13.4. The lowest BCUT2D eigenvalue weighted by molar-refractivity contribution is 0.102. The second kappa shape index (κ2) is 9.22. The Hall–Kier alpha value is -3.59. The van der Waals surface area contributed by atoms with Gasteiger partial charge in [0.1, 0.15) is 17.8 Å². The van der Waals surface area contributed by atoms with Crippen molar-refractivity contribution in [1.29, 1.82) is 0 Å². The van der Waals surface area contributed by atoms with Gasteiger partial charge in [-0.2, -0.15) is 0 Å². The predicted molar refractivity (Wildman–Crippen MR) is 134 cm³/mol. The maximum absolute atomic E-state index is 13.4. The standard InChI is InChI=1S/C26H32N8O/c1-17(2)11-27-12-19-7-22(23-29-5-6-34(23)15-19)24(35)31-21-8-20(13-28-14-21)26(9-18(3)10-26)25-32-30-16-33(25)4/h5-8,13-18,27H,9-12H2,1-4H3,(H,31,35). The van der Waals surface area contributed by atoms with Crippen molar-refractivity contribution in [2.45, 2.75) is 45.6 Å². The summed E-state index contributed by atoms with van der Waals surface area (Å²) < 4.78 is 3.87. The summed E-state index contributed by atoms with van der Waals surface area (Å²) in [5.41, 5.74) is 3.64. The van der Waals surface area contributed by atoms with Crippen molar-refractivity contribution in [3.63, 3.8) is 0 Å². The second-order valence-electron chi connectivity index (χ2n) is 10.2. The fourth-order valence-corrected chi connectivity index (χ4v) is 5.22. The van der Waals surface area contributed by atoms with Gasteiger partial charge in [-0.1, -0.05) is 20.8 Å². The molecule has 4 aromatic heterocycles. The lowest BCUT2D eigenvalue weighted by atomic mass is 9.59. The first-order chi connectivity index (χ1) is 16.9. The van der Waals surface area contributed by atoms with Gasteiger partial charge < -0.3 is 19.6 Å². The molecule has 0 aliphatic heterocycles. The van der Waals surface area contributed by atoms with Crippen molar-refractivity contribution in [1.82, 2.24) is 34.4 Å². The lowest BCUT2D eigenvalue weighted by Gasteiger charge is -2.45. The number of aromatic nitrogens is 6. The molecule has 0 radical (unpaired) electrons. The van der Waals surface area contributed by atoms with Crippen LogP contribution in [-0.2, 0) is 19.0 Å². The Balaban J connectivity index is 1.42. The molecular formula is C26H32N8O. The zero-order valence-corrected chi connectivity index (χ0v) is 20.7. The molecule has 0 spiro atoms. The van der Waals surface area contributed by atoms with Gasteiger partial charge >= 0.3 is 0 Å². The van der Waals surface area contributed by atoms with Crippen LogP contribution in [0.2, 0.25) is 0 Å². The van der Waals surface area contributed by atoms with Crippen LogP contribution in [-0.4, -0.2) is 41.6 Å². The Morgan fingerprint density at radius 2 is 2.09 bits per heavy atom. The van der Waals surface area contributed by atoms with E-state index in [0.717, 1.165) is 36.3 Å². The zero-order valence-electron chi connectivity index (χ0n) is 20.7. The number of fused-ring (bicyclic) bond motifs is 1. The molecule has 4 aromatic rings. The number of imidazole rings is 1. The minimum atomic E-state index is -0.239. The Labute approximate surface area is 205 Å². The van der Waals surface area contributed by atoms with E-state index in [1.807, 2.05) is 46.7 Å². The summed E-state index contributed by atoms with van der Waals surface area (Å²) in [4.78, 5) is 22.3. The zero-order chi connectivity index (χ0) is 24.6. The van der Waals surface area contributed by atoms with Gasteiger partial charge in [0.25, 0.3) is 5.91 Å². The summed E-state index contributed by atoms with van der Waals surface area (Å²) in [5, 5.41) is 15.0. The molecule has 1 saturated carbocycles. The van der Waals surface area contributed by atoms with Gasteiger partial charge in [-0.25, -0.2) is 4.98 Å². The molecule has 9 nitrogen and oxygen atoms in total. The number of pyridine rings is 2. The summed E-state index contributed by atoms with van der Waals surface area (Å²) >= 11 is 0. The summed E-state index contributed by atoms with van der Waals surface area (Å²) in [5.74, 6) is 1.87. The SMILES string of the molecule is CC(C)CNCc1cc(C(=O)Nc2cncc(C3(c4nncn4C)CC(C)C3)c2)c2nccn2c1. The Bertz CT molecular complexity index is 1350. The molecule has 4 heterocycles. The molecule has 0 unspecified atom stereocenters. The minimum absolute atomic E-state index is 0.208. The number of carbonyl (C=O) groups is 1. The highest BCUT2D eigenvalue weighted by atomic mass is 16.1. The van der Waals surface area contributed by atoms with E-state index in [4.69, 9.17) is 0 Å². The highest BCUT2D eigenvalue weighted by Crippen LogP contribution is 2.51. The number of rotatable bonds is 8. The van der Waals surface area contributed by atoms with E-state index < -0.39 is 0 Å². The number of amides is 1. The highest BCUT2D eigenvalue weighted by molar-refractivity contribution is 6.08.